The van der Waals surface area contributed by atoms with Crippen molar-refractivity contribution < 1.29 is 0 Å². The maximum atomic E-state index is 4.45. The zero-order valence-corrected chi connectivity index (χ0v) is 14.7. The van der Waals surface area contributed by atoms with Crippen LogP contribution in [0.4, 0.5) is 0 Å². The van der Waals surface area contributed by atoms with E-state index in [1.165, 1.54) is 57.6 Å². The highest BCUT2D eigenvalue weighted by Gasteiger charge is 2.12. The molecule has 0 aromatic carbocycles. The van der Waals surface area contributed by atoms with Crippen LogP contribution >= 0.6 is 0 Å². The van der Waals surface area contributed by atoms with E-state index in [1.54, 1.807) is 0 Å². The van der Waals surface area contributed by atoms with Crippen molar-refractivity contribution in [2.75, 3.05) is 26.2 Å². The zero-order valence-electron chi connectivity index (χ0n) is 14.7. The molecule has 0 amide bonds. The third-order valence-corrected chi connectivity index (χ3v) is 4.56. The Hall–Kier alpha value is -0.870. The highest BCUT2D eigenvalue weighted by molar-refractivity contribution is 4.97. The molecule has 126 valence electrons. The maximum Gasteiger partial charge on any atom is 0.111 e. The third kappa shape index (κ3) is 5.73. The summed E-state index contributed by atoms with van der Waals surface area (Å²) in [4.78, 5) is 7.09. The lowest BCUT2D eigenvalue weighted by Gasteiger charge is -2.24. The van der Waals surface area contributed by atoms with Crippen molar-refractivity contribution in [3.8, 4) is 0 Å². The van der Waals surface area contributed by atoms with Crippen molar-refractivity contribution >= 4 is 0 Å². The molecule has 0 spiro atoms. The van der Waals surface area contributed by atoms with Crippen LogP contribution in [0, 0.1) is 0 Å². The monoisotopic (exact) mass is 306 g/mol. The van der Waals surface area contributed by atoms with Gasteiger partial charge in [-0.25, -0.2) is 4.98 Å². The number of imidazole rings is 1. The summed E-state index contributed by atoms with van der Waals surface area (Å²) >= 11 is 0. The number of hydrogen-bond acceptors (Lipinski definition) is 3. The summed E-state index contributed by atoms with van der Waals surface area (Å²) in [5.74, 6) is 1.71. The fraction of sp³-hybridized carbons (Fsp3) is 0.833. The number of rotatable bonds is 8. The van der Waals surface area contributed by atoms with Gasteiger partial charge in [0.05, 0.1) is 0 Å². The third-order valence-electron chi connectivity index (χ3n) is 4.56. The molecular weight excluding hydrogens is 272 g/mol. The van der Waals surface area contributed by atoms with Crippen LogP contribution in [-0.2, 0) is 6.54 Å². The van der Waals surface area contributed by atoms with E-state index < -0.39 is 0 Å². The van der Waals surface area contributed by atoms with Crippen molar-refractivity contribution in [1.29, 1.82) is 0 Å². The van der Waals surface area contributed by atoms with Gasteiger partial charge in [-0.2, -0.15) is 0 Å². The van der Waals surface area contributed by atoms with Crippen LogP contribution in [-0.4, -0.2) is 46.7 Å². The normalized spacial score (nSPS) is 18.5. The first-order valence-corrected chi connectivity index (χ1v) is 9.13. The molecule has 1 unspecified atom stereocenters. The summed E-state index contributed by atoms with van der Waals surface area (Å²) in [6.45, 7) is 12.7. The van der Waals surface area contributed by atoms with E-state index in [0.29, 0.717) is 12.0 Å². The molecule has 1 aromatic rings. The van der Waals surface area contributed by atoms with Crippen LogP contribution in [0.3, 0.4) is 0 Å². The minimum Gasteiger partial charge on any atom is -0.335 e. The van der Waals surface area contributed by atoms with Crippen LogP contribution < -0.4 is 5.32 Å². The predicted octanol–water partition coefficient (Wildman–Crippen LogP) is 3.25. The van der Waals surface area contributed by atoms with Crippen LogP contribution in [0.15, 0.2) is 12.4 Å². The van der Waals surface area contributed by atoms with Crippen molar-refractivity contribution in [3.63, 3.8) is 0 Å². The average Bonchev–Trinajstić information content (AvgIpc) is 2.81. The molecular formula is C18H34N4. The molecule has 22 heavy (non-hydrogen) atoms. The average molecular weight is 306 g/mol. The van der Waals surface area contributed by atoms with Gasteiger partial charge >= 0.3 is 0 Å². The molecule has 1 N–H and O–H groups in total. The first-order chi connectivity index (χ1) is 10.7. The van der Waals surface area contributed by atoms with Crippen molar-refractivity contribution in [1.82, 2.24) is 19.8 Å². The summed E-state index contributed by atoms with van der Waals surface area (Å²) in [6, 6.07) is 0.588. The molecule has 1 atom stereocenters. The predicted molar refractivity (Wildman–Crippen MR) is 93.3 cm³/mol. The molecule has 1 aromatic heterocycles. The second-order valence-corrected chi connectivity index (χ2v) is 7.06. The van der Waals surface area contributed by atoms with Gasteiger partial charge in [-0.3, -0.25) is 0 Å². The zero-order chi connectivity index (χ0) is 15.8. The fourth-order valence-corrected chi connectivity index (χ4v) is 3.38. The van der Waals surface area contributed by atoms with Gasteiger partial charge in [0.15, 0.2) is 0 Å². The number of aryl methyl sites for hydroxylation is 1. The van der Waals surface area contributed by atoms with Crippen LogP contribution in [0.1, 0.15) is 64.6 Å². The van der Waals surface area contributed by atoms with Crippen LogP contribution in [0.25, 0.3) is 0 Å². The Balaban J connectivity index is 1.62. The fourth-order valence-electron chi connectivity index (χ4n) is 3.38. The first kappa shape index (κ1) is 17.5. The second kappa shape index (κ2) is 9.31. The van der Waals surface area contributed by atoms with Crippen LogP contribution in [0.5, 0.6) is 0 Å². The van der Waals surface area contributed by atoms with E-state index in [-0.39, 0.29) is 0 Å². The maximum absolute atomic E-state index is 4.45. The number of aromatic nitrogens is 2. The number of likely N-dealkylation sites (tertiary alicyclic amines) is 1. The molecule has 1 aliphatic rings. The molecule has 0 radical (unpaired) electrons. The number of nitrogens with one attached hydrogen (secondary N) is 1. The lowest BCUT2D eigenvalue weighted by molar-refractivity contribution is 0.255. The molecule has 0 aliphatic carbocycles. The quantitative estimate of drug-likeness (QED) is 0.748. The standard InChI is InChI=1S/C18H34N4/c1-16(2)18-20-10-14-22(18)13-8-9-19-17(3)15-21-11-6-4-5-7-12-21/h10,14,16-17,19H,4-9,11-13,15H2,1-3H3. The molecule has 4 heteroatoms. The highest BCUT2D eigenvalue weighted by Crippen LogP contribution is 2.12. The smallest absolute Gasteiger partial charge is 0.111 e. The summed E-state index contributed by atoms with van der Waals surface area (Å²) in [7, 11) is 0. The molecule has 0 saturated carbocycles. The number of nitrogens with zero attached hydrogens (tertiary/aromatic N) is 3. The first-order valence-electron chi connectivity index (χ1n) is 9.13. The lowest BCUT2D eigenvalue weighted by Crippen LogP contribution is -2.40. The van der Waals surface area contributed by atoms with E-state index in [2.05, 4.69) is 46.7 Å². The Bertz CT molecular complexity index is 405. The van der Waals surface area contributed by atoms with Gasteiger partial charge in [-0.05, 0) is 45.8 Å². The van der Waals surface area contributed by atoms with E-state index in [9.17, 15) is 0 Å². The molecule has 1 aliphatic heterocycles. The van der Waals surface area contributed by atoms with Gasteiger partial charge in [0.25, 0.3) is 0 Å². The molecule has 1 saturated heterocycles. The molecule has 2 heterocycles. The van der Waals surface area contributed by atoms with E-state index >= 15 is 0 Å². The summed E-state index contributed by atoms with van der Waals surface area (Å²) < 4.78 is 2.30. The Kier molecular flexibility index (Phi) is 7.40. The molecule has 2 rings (SSSR count). The van der Waals surface area contributed by atoms with E-state index in [4.69, 9.17) is 0 Å². The Labute approximate surface area is 136 Å². The Morgan fingerprint density at radius 3 is 2.55 bits per heavy atom. The van der Waals surface area contributed by atoms with Gasteiger partial charge in [-0.15, -0.1) is 0 Å². The van der Waals surface area contributed by atoms with Gasteiger partial charge in [-0.1, -0.05) is 26.7 Å². The molecule has 1 fully saturated rings. The molecule has 4 nitrogen and oxygen atoms in total. The highest BCUT2D eigenvalue weighted by atomic mass is 15.1. The van der Waals surface area contributed by atoms with E-state index in [1.807, 2.05) is 6.20 Å². The van der Waals surface area contributed by atoms with Gasteiger partial charge in [0, 0.05) is 37.4 Å². The van der Waals surface area contributed by atoms with Gasteiger partial charge in [0.2, 0.25) is 0 Å². The second-order valence-electron chi connectivity index (χ2n) is 7.06. The summed E-state index contributed by atoms with van der Waals surface area (Å²) in [6.07, 6.45) is 10.8. The van der Waals surface area contributed by atoms with Crippen molar-refractivity contribution in [2.24, 2.45) is 0 Å². The van der Waals surface area contributed by atoms with Gasteiger partial charge < -0.3 is 14.8 Å². The minimum atomic E-state index is 0.505. The lowest BCUT2D eigenvalue weighted by atomic mass is 10.2. The Morgan fingerprint density at radius 2 is 1.86 bits per heavy atom. The van der Waals surface area contributed by atoms with Gasteiger partial charge in [0.1, 0.15) is 5.82 Å². The minimum absolute atomic E-state index is 0.505. The largest absolute Gasteiger partial charge is 0.335 e. The summed E-state index contributed by atoms with van der Waals surface area (Å²) in [5.41, 5.74) is 0. The van der Waals surface area contributed by atoms with Crippen molar-refractivity contribution in [2.45, 2.75) is 71.4 Å². The van der Waals surface area contributed by atoms with E-state index in [0.717, 1.165) is 13.1 Å². The van der Waals surface area contributed by atoms with Crippen LogP contribution in [0.2, 0.25) is 0 Å². The number of hydrogen-bond donors (Lipinski definition) is 1. The SMILES string of the molecule is CC(CN1CCCCCC1)NCCCn1ccnc1C(C)C. The van der Waals surface area contributed by atoms with Crippen molar-refractivity contribution in [3.05, 3.63) is 18.2 Å². The summed E-state index contributed by atoms with van der Waals surface area (Å²) in [5, 5.41) is 3.69. The Morgan fingerprint density at radius 1 is 1.14 bits per heavy atom. The molecule has 0 bridgehead atoms. The topological polar surface area (TPSA) is 33.1 Å².